The van der Waals surface area contributed by atoms with E-state index in [0.29, 0.717) is 5.56 Å². The molecule has 0 spiro atoms. The Morgan fingerprint density at radius 3 is 2.43 bits per heavy atom. The first-order chi connectivity index (χ1) is 6.63. The molecule has 0 heterocycles. The fourth-order valence-electron chi connectivity index (χ4n) is 1.02. The maximum absolute atomic E-state index is 10.7. The molecule has 0 bridgehead atoms. The molecule has 0 aromatic heterocycles. The van der Waals surface area contributed by atoms with Crippen LogP contribution in [0.4, 0.5) is 0 Å². The maximum atomic E-state index is 10.7. The summed E-state index contributed by atoms with van der Waals surface area (Å²) in [5, 5.41) is 26.4. The Bertz CT molecular complexity index is 309. The van der Waals surface area contributed by atoms with Gasteiger partial charge in [0.2, 0.25) is 0 Å². The average Bonchev–Trinajstić information content (AvgIpc) is 2.20. The minimum absolute atomic E-state index is 0.0900. The molecule has 0 fully saturated rings. The predicted octanol–water partition coefficient (Wildman–Crippen LogP) is -0.199. The minimum atomic E-state index is -1.29. The molecule has 0 aliphatic carbocycles. The fraction of sp³-hybridized carbons (Fsp3) is 0.222. The first-order valence-corrected chi connectivity index (χ1v) is 4.03. The molecule has 5 nitrogen and oxygen atoms in total. The van der Waals surface area contributed by atoms with Crippen LogP contribution in [-0.2, 0) is 11.2 Å². The van der Waals surface area contributed by atoms with Crippen LogP contribution >= 0.6 is 0 Å². The maximum Gasteiger partial charge on any atom is 0.272 e. The van der Waals surface area contributed by atoms with Crippen LogP contribution in [0, 0.1) is 0 Å². The van der Waals surface area contributed by atoms with Crippen LogP contribution in [0.2, 0.25) is 0 Å². The van der Waals surface area contributed by atoms with Gasteiger partial charge in [-0.1, -0.05) is 12.1 Å². The van der Waals surface area contributed by atoms with E-state index in [2.05, 4.69) is 0 Å². The van der Waals surface area contributed by atoms with Crippen molar-refractivity contribution in [1.29, 1.82) is 0 Å². The van der Waals surface area contributed by atoms with Crippen molar-refractivity contribution in [1.82, 2.24) is 5.48 Å². The Morgan fingerprint density at radius 1 is 1.36 bits per heavy atom. The molecule has 1 aromatic carbocycles. The van der Waals surface area contributed by atoms with Gasteiger partial charge in [-0.15, -0.1) is 0 Å². The summed E-state index contributed by atoms with van der Waals surface area (Å²) in [5.41, 5.74) is 2.05. The van der Waals surface area contributed by atoms with Crippen molar-refractivity contribution in [2.24, 2.45) is 0 Å². The third-order valence-corrected chi connectivity index (χ3v) is 1.78. The number of hydrogen-bond donors (Lipinski definition) is 4. The normalized spacial score (nSPS) is 12.1. The van der Waals surface area contributed by atoms with Gasteiger partial charge in [-0.3, -0.25) is 10.0 Å². The number of rotatable bonds is 3. The zero-order valence-electron chi connectivity index (χ0n) is 7.34. The molecule has 0 radical (unpaired) electrons. The molecule has 1 aromatic rings. The Kier molecular flexibility index (Phi) is 3.44. The smallest absolute Gasteiger partial charge is 0.272 e. The number of nitrogens with one attached hydrogen (secondary N) is 1. The monoisotopic (exact) mass is 197 g/mol. The van der Waals surface area contributed by atoms with Gasteiger partial charge in [-0.05, 0) is 17.7 Å². The van der Waals surface area contributed by atoms with Gasteiger partial charge >= 0.3 is 0 Å². The molecular weight excluding hydrogens is 186 g/mol. The van der Waals surface area contributed by atoms with E-state index in [0.717, 1.165) is 0 Å². The van der Waals surface area contributed by atoms with E-state index in [1.165, 1.54) is 17.6 Å². The number of phenols is 1. The Labute approximate surface area is 80.6 Å². The summed E-state index contributed by atoms with van der Waals surface area (Å²) < 4.78 is 0. The van der Waals surface area contributed by atoms with Crippen molar-refractivity contribution >= 4 is 5.91 Å². The number of carbonyl (C=O) groups is 1. The lowest BCUT2D eigenvalue weighted by Gasteiger charge is -2.07. The Balaban J connectivity index is 2.60. The number of benzene rings is 1. The number of hydrogen-bond acceptors (Lipinski definition) is 4. The topological polar surface area (TPSA) is 89.8 Å². The van der Waals surface area contributed by atoms with Crippen LogP contribution in [0.15, 0.2) is 24.3 Å². The highest BCUT2D eigenvalue weighted by Gasteiger charge is 2.14. The van der Waals surface area contributed by atoms with Gasteiger partial charge in [0.05, 0.1) is 0 Å². The highest BCUT2D eigenvalue weighted by atomic mass is 16.5. The lowest BCUT2D eigenvalue weighted by atomic mass is 10.1. The van der Waals surface area contributed by atoms with Crippen LogP contribution in [0.25, 0.3) is 0 Å². The van der Waals surface area contributed by atoms with Crippen LogP contribution in [0.5, 0.6) is 5.75 Å². The first-order valence-electron chi connectivity index (χ1n) is 4.03. The van der Waals surface area contributed by atoms with Gasteiger partial charge in [-0.2, -0.15) is 0 Å². The highest BCUT2D eigenvalue weighted by Crippen LogP contribution is 2.11. The standard InChI is InChI=1S/C9H11NO4/c11-7-3-1-6(2-4-7)5-8(12)9(13)10-14/h1-4,8,11-12,14H,5H2,(H,10,13)/t8-/m0/s1. The summed E-state index contributed by atoms with van der Waals surface area (Å²) in [6.07, 6.45) is -1.20. The SMILES string of the molecule is O=C(NO)[C@@H](O)Cc1ccc(O)cc1. The number of phenolic OH excluding ortho intramolecular Hbond substituents is 1. The molecular formula is C9H11NO4. The molecule has 0 saturated carbocycles. The number of aromatic hydroxyl groups is 1. The minimum Gasteiger partial charge on any atom is -0.508 e. The zero-order chi connectivity index (χ0) is 10.6. The van der Waals surface area contributed by atoms with Crippen LogP contribution in [-0.4, -0.2) is 27.4 Å². The number of hydroxylamine groups is 1. The summed E-state index contributed by atoms with van der Waals surface area (Å²) in [6.45, 7) is 0. The zero-order valence-corrected chi connectivity index (χ0v) is 7.34. The van der Waals surface area contributed by atoms with Crippen LogP contribution < -0.4 is 5.48 Å². The Morgan fingerprint density at radius 2 is 1.93 bits per heavy atom. The molecule has 1 amide bonds. The van der Waals surface area contributed by atoms with Gasteiger partial charge in [0.25, 0.3) is 5.91 Å². The van der Waals surface area contributed by atoms with Crippen molar-refractivity contribution in [2.75, 3.05) is 0 Å². The predicted molar refractivity (Wildman–Crippen MR) is 47.7 cm³/mol. The summed E-state index contributed by atoms with van der Waals surface area (Å²) >= 11 is 0. The fourth-order valence-corrected chi connectivity index (χ4v) is 1.02. The van der Waals surface area contributed by atoms with Crippen molar-refractivity contribution in [3.8, 4) is 5.75 Å². The highest BCUT2D eigenvalue weighted by molar-refractivity contribution is 5.79. The van der Waals surface area contributed by atoms with E-state index >= 15 is 0 Å². The average molecular weight is 197 g/mol. The van der Waals surface area contributed by atoms with Crippen molar-refractivity contribution < 1.29 is 20.2 Å². The molecule has 0 aliphatic rings. The molecule has 4 N–H and O–H groups in total. The van der Waals surface area contributed by atoms with Crippen LogP contribution in [0.3, 0.4) is 0 Å². The summed E-state index contributed by atoms with van der Waals surface area (Å²) in [5.74, 6) is -0.729. The second-order valence-electron chi connectivity index (χ2n) is 2.86. The molecule has 1 rings (SSSR count). The largest absolute Gasteiger partial charge is 0.508 e. The van der Waals surface area contributed by atoms with Crippen LogP contribution in [0.1, 0.15) is 5.56 Å². The second kappa shape index (κ2) is 4.59. The summed E-state index contributed by atoms with van der Waals surface area (Å²) in [6, 6.07) is 6.09. The third kappa shape index (κ3) is 2.72. The van der Waals surface area contributed by atoms with E-state index in [9.17, 15) is 9.90 Å². The first kappa shape index (κ1) is 10.5. The van der Waals surface area contributed by atoms with Gasteiger partial charge in [0, 0.05) is 6.42 Å². The number of aliphatic hydroxyl groups is 1. The quantitative estimate of drug-likeness (QED) is 0.399. The summed E-state index contributed by atoms with van der Waals surface area (Å²) in [7, 11) is 0. The molecule has 0 aliphatic heterocycles. The number of aliphatic hydroxyl groups excluding tert-OH is 1. The van der Waals surface area contributed by atoms with E-state index in [1.54, 1.807) is 12.1 Å². The molecule has 5 heteroatoms. The molecule has 76 valence electrons. The number of carbonyl (C=O) groups excluding carboxylic acids is 1. The molecule has 14 heavy (non-hydrogen) atoms. The lowest BCUT2D eigenvalue weighted by Crippen LogP contribution is -2.33. The summed E-state index contributed by atoms with van der Waals surface area (Å²) in [4.78, 5) is 10.7. The molecule has 0 unspecified atom stereocenters. The van der Waals surface area contributed by atoms with E-state index in [1.807, 2.05) is 0 Å². The van der Waals surface area contributed by atoms with Gasteiger partial charge < -0.3 is 10.2 Å². The molecule has 0 saturated heterocycles. The van der Waals surface area contributed by atoms with Gasteiger partial charge in [0.15, 0.2) is 0 Å². The second-order valence-corrected chi connectivity index (χ2v) is 2.86. The third-order valence-electron chi connectivity index (χ3n) is 1.78. The van der Waals surface area contributed by atoms with Crippen molar-refractivity contribution in [3.05, 3.63) is 29.8 Å². The van der Waals surface area contributed by atoms with E-state index in [4.69, 9.17) is 10.3 Å². The van der Waals surface area contributed by atoms with E-state index in [-0.39, 0.29) is 12.2 Å². The Hall–Kier alpha value is -1.59. The lowest BCUT2D eigenvalue weighted by molar-refractivity contribution is -0.137. The van der Waals surface area contributed by atoms with Gasteiger partial charge in [-0.25, -0.2) is 5.48 Å². The van der Waals surface area contributed by atoms with Gasteiger partial charge in [0.1, 0.15) is 11.9 Å². The van der Waals surface area contributed by atoms with Crippen molar-refractivity contribution in [3.63, 3.8) is 0 Å². The molecule has 1 atom stereocenters. The number of amides is 1. The van der Waals surface area contributed by atoms with E-state index < -0.39 is 12.0 Å². The van der Waals surface area contributed by atoms with Crippen molar-refractivity contribution in [2.45, 2.75) is 12.5 Å².